The minimum Gasteiger partial charge on any atom is -0.494 e. The van der Waals surface area contributed by atoms with Gasteiger partial charge >= 0.3 is 11.9 Å². The van der Waals surface area contributed by atoms with Crippen LogP contribution in [0, 0.1) is 27.7 Å². The summed E-state index contributed by atoms with van der Waals surface area (Å²) in [5, 5.41) is 27.2. The normalized spacial score (nSPS) is 14.4. The summed E-state index contributed by atoms with van der Waals surface area (Å²) in [4.78, 5) is 41.2. The quantitative estimate of drug-likeness (QED) is 0.141. The lowest BCUT2D eigenvalue weighted by Gasteiger charge is -2.35. The highest BCUT2D eigenvalue weighted by atomic mass is 35.5. The molecule has 4 heterocycles. The van der Waals surface area contributed by atoms with Gasteiger partial charge in [-0.25, -0.2) is 9.59 Å². The molecule has 0 spiro atoms. The number of aromatic carboxylic acids is 2. The van der Waals surface area contributed by atoms with Crippen molar-refractivity contribution in [3.8, 4) is 16.9 Å². The molecular formula is C40H39Cl2N5O6. The first-order valence-electron chi connectivity index (χ1n) is 17.3. The molecule has 0 fully saturated rings. The van der Waals surface area contributed by atoms with E-state index >= 15 is 4.79 Å². The number of hydrogen-bond acceptors (Lipinski definition) is 5. The molecule has 0 saturated heterocycles. The SMILES string of the molecule is Cc1cc(OCCCc2c3n(c4c(-c5c(C)nn(C)c5C)c(Cl)ccc24)[C@H](C)CN(c2cc(C(=O)O)cc4cc(C(=O)O)n(C)c24)C3=O)cc(C)c1Cl. The Bertz CT molecular complexity index is 2520. The van der Waals surface area contributed by atoms with Crippen molar-refractivity contribution < 1.29 is 29.3 Å². The number of carbonyl (C=O) groups is 3. The smallest absolute Gasteiger partial charge is 0.352 e. The summed E-state index contributed by atoms with van der Waals surface area (Å²) in [7, 11) is 3.49. The lowest BCUT2D eigenvalue weighted by atomic mass is 9.98. The van der Waals surface area contributed by atoms with Crippen LogP contribution in [0.1, 0.15) is 78.8 Å². The van der Waals surface area contributed by atoms with Crippen LogP contribution in [-0.2, 0) is 20.5 Å². The van der Waals surface area contributed by atoms with E-state index in [9.17, 15) is 19.8 Å². The van der Waals surface area contributed by atoms with E-state index in [-0.39, 0.29) is 29.8 Å². The van der Waals surface area contributed by atoms with Crippen LogP contribution in [0.4, 0.5) is 5.69 Å². The number of rotatable bonds is 9. The topological polar surface area (TPSA) is 132 Å². The number of carboxylic acid groups (broad SMARTS) is 2. The molecule has 0 aliphatic carbocycles. The molecule has 1 aliphatic rings. The summed E-state index contributed by atoms with van der Waals surface area (Å²) in [5.74, 6) is -1.97. The van der Waals surface area contributed by atoms with Gasteiger partial charge in [-0.05, 0) is 101 Å². The number of fused-ring (bicyclic) bond motifs is 4. The highest BCUT2D eigenvalue weighted by Gasteiger charge is 2.38. The molecule has 3 aromatic carbocycles. The van der Waals surface area contributed by atoms with Crippen LogP contribution in [0.15, 0.2) is 42.5 Å². The van der Waals surface area contributed by atoms with Gasteiger partial charge in [-0.1, -0.05) is 29.3 Å². The van der Waals surface area contributed by atoms with Gasteiger partial charge in [0.15, 0.2) is 0 Å². The van der Waals surface area contributed by atoms with Crippen LogP contribution in [0.2, 0.25) is 10.0 Å². The Morgan fingerprint density at radius 2 is 1.64 bits per heavy atom. The van der Waals surface area contributed by atoms with Crippen molar-refractivity contribution in [2.75, 3.05) is 18.1 Å². The number of benzene rings is 3. The van der Waals surface area contributed by atoms with Crippen LogP contribution in [0.5, 0.6) is 5.75 Å². The third-order valence-corrected chi connectivity index (χ3v) is 11.3. The Morgan fingerprint density at radius 1 is 0.943 bits per heavy atom. The van der Waals surface area contributed by atoms with E-state index in [1.807, 2.05) is 70.6 Å². The van der Waals surface area contributed by atoms with Crippen LogP contribution in [-0.4, -0.2) is 60.1 Å². The first-order chi connectivity index (χ1) is 25.1. The van der Waals surface area contributed by atoms with Crippen molar-refractivity contribution in [3.63, 3.8) is 0 Å². The number of halogens is 2. The van der Waals surface area contributed by atoms with Crippen molar-refractivity contribution in [1.82, 2.24) is 18.9 Å². The number of carboxylic acids is 2. The Hall–Kier alpha value is -5.26. The lowest BCUT2D eigenvalue weighted by Crippen LogP contribution is -2.43. The third kappa shape index (κ3) is 5.82. The molecule has 11 nitrogen and oxygen atoms in total. The van der Waals surface area contributed by atoms with Crippen LogP contribution < -0.4 is 9.64 Å². The van der Waals surface area contributed by atoms with E-state index in [4.69, 9.17) is 27.9 Å². The molecular weight excluding hydrogens is 717 g/mol. The molecule has 1 aliphatic heterocycles. The Kier molecular flexibility index (Phi) is 9.06. The second-order valence-electron chi connectivity index (χ2n) is 13.9. The van der Waals surface area contributed by atoms with Crippen molar-refractivity contribution in [1.29, 1.82) is 0 Å². The van der Waals surface area contributed by atoms with Crippen LogP contribution >= 0.6 is 23.2 Å². The van der Waals surface area contributed by atoms with Gasteiger partial charge in [-0.2, -0.15) is 5.10 Å². The van der Waals surface area contributed by atoms with Gasteiger partial charge in [0.1, 0.15) is 17.1 Å². The maximum atomic E-state index is 15.1. The fraction of sp³-hybridized carbons (Fsp3) is 0.300. The molecule has 0 saturated carbocycles. The van der Waals surface area contributed by atoms with Crippen molar-refractivity contribution >= 4 is 68.5 Å². The van der Waals surface area contributed by atoms with Gasteiger partial charge in [-0.3, -0.25) is 9.48 Å². The summed E-state index contributed by atoms with van der Waals surface area (Å²) in [5.41, 5.74) is 8.07. The number of amides is 1. The molecule has 0 radical (unpaired) electrons. The molecule has 7 rings (SSSR count). The molecule has 1 amide bonds. The molecule has 2 N–H and O–H groups in total. The molecule has 1 atom stereocenters. The largest absolute Gasteiger partial charge is 0.494 e. The number of aryl methyl sites for hydroxylation is 6. The van der Waals surface area contributed by atoms with Gasteiger partial charge in [0.05, 0.1) is 39.6 Å². The van der Waals surface area contributed by atoms with Crippen molar-refractivity contribution in [2.24, 2.45) is 14.1 Å². The average Bonchev–Trinajstić information content (AvgIpc) is 3.71. The number of nitrogens with zero attached hydrogens (tertiary/aromatic N) is 5. The predicted octanol–water partition coefficient (Wildman–Crippen LogP) is 8.70. The van der Waals surface area contributed by atoms with Gasteiger partial charge in [-0.15, -0.1) is 0 Å². The molecule has 53 heavy (non-hydrogen) atoms. The Balaban J connectivity index is 1.41. The maximum absolute atomic E-state index is 15.1. The molecule has 0 unspecified atom stereocenters. The second kappa shape index (κ2) is 13.3. The number of aromatic nitrogens is 4. The zero-order valence-corrected chi connectivity index (χ0v) is 32.0. The Morgan fingerprint density at radius 3 is 2.26 bits per heavy atom. The molecule has 0 bridgehead atoms. The summed E-state index contributed by atoms with van der Waals surface area (Å²) < 4.78 is 11.6. The van der Waals surface area contributed by atoms with Gasteiger partial charge in [0.25, 0.3) is 5.91 Å². The minimum atomic E-state index is -1.19. The molecule has 6 aromatic rings. The molecule has 3 aromatic heterocycles. The van der Waals surface area contributed by atoms with Gasteiger partial charge < -0.3 is 29.0 Å². The highest BCUT2D eigenvalue weighted by Crippen LogP contribution is 2.46. The first-order valence-corrected chi connectivity index (χ1v) is 18.0. The van der Waals surface area contributed by atoms with E-state index in [0.29, 0.717) is 57.5 Å². The number of anilines is 1. The Labute approximate surface area is 315 Å². The minimum absolute atomic E-state index is 0.0244. The second-order valence-corrected chi connectivity index (χ2v) is 14.7. The first kappa shape index (κ1) is 36.1. The molecule has 274 valence electrons. The summed E-state index contributed by atoms with van der Waals surface area (Å²) in [6.07, 6.45) is 1.07. The van der Waals surface area contributed by atoms with Crippen LogP contribution in [0.25, 0.3) is 32.9 Å². The van der Waals surface area contributed by atoms with E-state index in [1.54, 1.807) is 11.9 Å². The number of carbonyl (C=O) groups excluding carboxylic acids is 1. The van der Waals surface area contributed by atoms with E-state index in [2.05, 4.69) is 9.67 Å². The summed E-state index contributed by atoms with van der Waals surface area (Å²) in [6, 6.07) is 11.7. The number of hydrogen-bond donors (Lipinski definition) is 2. The zero-order chi connectivity index (χ0) is 38.2. The fourth-order valence-corrected chi connectivity index (χ4v) is 8.31. The monoisotopic (exact) mass is 755 g/mol. The molecule has 13 heteroatoms. The van der Waals surface area contributed by atoms with Crippen molar-refractivity contribution in [2.45, 2.75) is 53.5 Å². The predicted molar refractivity (Wildman–Crippen MR) is 207 cm³/mol. The number of ether oxygens (including phenoxy) is 1. The van der Waals surface area contributed by atoms with Crippen LogP contribution in [0.3, 0.4) is 0 Å². The maximum Gasteiger partial charge on any atom is 0.352 e. The van der Waals surface area contributed by atoms with E-state index in [0.717, 1.165) is 50.1 Å². The van der Waals surface area contributed by atoms with E-state index < -0.39 is 11.9 Å². The summed E-state index contributed by atoms with van der Waals surface area (Å²) in [6.45, 7) is 10.4. The highest BCUT2D eigenvalue weighted by molar-refractivity contribution is 6.35. The van der Waals surface area contributed by atoms with Crippen molar-refractivity contribution in [3.05, 3.63) is 97.5 Å². The average molecular weight is 757 g/mol. The van der Waals surface area contributed by atoms with Gasteiger partial charge in [0.2, 0.25) is 0 Å². The third-order valence-electron chi connectivity index (χ3n) is 10.4. The standard InChI is InChI=1S/C40H39Cl2N5O6/c1-19-13-26(14-20(2)34(19)42)53-12-8-9-27-28-10-11-29(41)33(32-22(4)43-45(7)23(32)5)36(28)47-21(3)18-46(38(48)37(27)47)30-17-25(39(49)50)15-24-16-31(40(51)52)44(6)35(24)30/h10-11,13-17,21H,8-9,12,18H2,1-7H3,(H,49,50)(H,51,52)/t21-/m1/s1. The fourth-order valence-electron chi connectivity index (χ4n) is 7.95. The van der Waals surface area contributed by atoms with E-state index in [1.165, 1.54) is 22.8 Å². The summed E-state index contributed by atoms with van der Waals surface area (Å²) >= 11 is 13.4. The lowest BCUT2D eigenvalue weighted by molar-refractivity contribution is 0.0680. The zero-order valence-electron chi connectivity index (χ0n) is 30.5. The van der Waals surface area contributed by atoms with Gasteiger partial charge in [0, 0.05) is 59.3 Å².